The second-order valence-electron chi connectivity index (χ2n) is 3.05. The molecular formula is C11H7ClN2S. The molecule has 2 N–H and O–H groups in total. The standard InChI is InChI=1S/C11H7ClN2S/c12-8-3-7(4-9(14)5-8)11-2-1-10(6-13)15-11/h1-5H,14H2. The van der Waals surface area contributed by atoms with Gasteiger partial charge in [-0.1, -0.05) is 11.6 Å². The fourth-order valence-electron chi connectivity index (χ4n) is 1.31. The third-order valence-electron chi connectivity index (χ3n) is 1.92. The first-order valence-electron chi connectivity index (χ1n) is 4.25. The molecule has 0 bridgehead atoms. The minimum absolute atomic E-state index is 0.608. The van der Waals surface area contributed by atoms with Crippen LogP contribution >= 0.6 is 22.9 Å². The van der Waals surface area contributed by atoms with E-state index >= 15 is 0 Å². The molecular weight excluding hydrogens is 228 g/mol. The summed E-state index contributed by atoms with van der Waals surface area (Å²) in [6.45, 7) is 0. The summed E-state index contributed by atoms with van der Waals surface area (Å²) < 4.78 is 0. The number of thiophene rings is 1. The van der Waals surface area contributed by atoms with Gasteiger partial charge in [0.2, 0.25) is 0 Å². The number of hydrogen-bond acceptors (Lipinski definition) is 3. The molecule has 0 fully saturated rings. The van der Waals surface area contributed by atoms with Crippen molar-refractivity contribution in [2.45, 2.75) is 0 Å². The Morgan fingerprint density at radius 2 is 2.07 bits per heavy atom. The molecule has 74 valence electrons. The molecule has 1 heterocycles. The molecule has 0 saturated carbocycles. The lowest BCUT2D eigenvalue weighted by atomic mass is 10.2. The summed E-state index contributed by atoms with van der Waals surface area (Å²) in [5.41, 5.74) is 7.27. The second-order valence-corrected chi connectivity index (χ2v) is 4.57. The third kappa shape index (κ3) is 2.12. The zero-order chi connectivity index (χ0) is 10.8. The number of nitriles is 1. The van der Waals surface area contributed by atoms with Gasteiger partial charge in [0.05, 0.1) is 0 Å². The number of nitrogen functional groups attached to an aromatic ring is 1. The van der Waals surface area contributed by atoms with Crippen LogP contribution in [0.5, 0.6) is 0 Å². The van der Waals surface area contributed by atoms with E-state index in [1.54, 1.807) is 12.1 Å². The predicted molar refractivity (Wildman–Crippen MR) is 63.9 cm³/mol. The summed E-state index contributed by atoms with van der Waals surface area (Å²) in [5, 5.41) is 9.32. The average molecular weight is 235 g/mol. The first-order valence-corrected chi connectivity index (χ1v) is 5.45. The molecule has 0 unspecified atom stereocenters. The van der Waals surface area contributed by atoms with Crippen molar-refractivity contribution in [2.24, 2.45) is 0 Å². The van der Waals surface area contributed by atoms with E-state index in [4.69, 9.17) is 22.6 Å². The number of halogens is 1. The lowest BCUT2D eigenvalue weighted by Gasteiger charge is -2.00. The zero-order valence-electron chi connectivity index (χ0n) is 7.70. The van der Waals surface area contributed by atoms with Gasteiger partial charge in [-0.15, -0.1) is 11.3 Å². The number of anilines is 1. The minimum Gasteiger partial charge on any atom is -0.399 e. The maximum atomic E-state index is 8.72. The molecule has 15 heavy (non-hydrogen) atoms. The summed E-state index contributed by atoms with van der Waals surface area (Å²) in [6, 6.07) is 11.2. The summed E-state index contributed by atoms with van der Waals surface area (Å²) >= 11 is 7.33. The van der Waals surface area contributed by atoms with E-state index in [2.05, 4.69) is 6.07 Å². The maximum absolute atomic E-state index is 8.72. The Morgan fingerprint density at radius 1 is 1.27 bits per heavy atom. The summed E-state index contributed by atoms with van der Waals surface area (Å²) in [7, 11) is 0. The van der Waals surface area contributed by atoms with Crippen LogP contribution in [0, 0.1) is 11.3 Å². The Kier molecular flexibility index (Phi) is 2.63. The molecule has 2 nitrogen and oxygen atoms in total. The molecule has 4 heteroatoms. The zero-order valence-corrected chi connectivity index (χ0v) is 9.27. The molecule has 0 amide bonds. The van der Waals surface area contributed by atoms with Crippen LogP contribution in [-0.4, -0.2) is 0 Å². The highest BCUT2D eigenvalue weighted by atomic mass is 35.5. The highest BCUT2D eigenvalue weighted by Gasteiger charge is 2.04. The number of rotatable bonds is 1. The van der Waals surface area contributed by atoms with Crippen molar-refractivity contribution in [3.63, 3.8) is 0 Å². The molecule has 0 atom stereocenters. The quantitative estimate of drug-likeness (QED) is 0.768. The molecule has 0 spiro atoms. The van der Waals surface area contributed by atoms with Gasteiger partial charge >= 0.3 is 0 Å². The molecule has 1 aromatic carbocycles. The fraction of sp³-hybridized carbons (Fsp3) is 0. The van der Waals surface area contributed by atoms with Gasteiger partial charge in [0.25, 0.3) is 0 Å². The number of benzene rings is 1. The van der Waals surface area contributed by atoms with Crippen molar-refractivity contribution in [3.8, 4) is 16.5 Å². The number of hydrogen-bond donors (Lipinski definition) is 1. The van der Waals surface area contributed by atoms with E-state index < -0.39 is 0 Å². The van der Waals surface area contributed by atoms with Gasteiger partial charge in [-0.05, 0) is 35.9 Å². The first-order chi connectivity index (χ1) is 7.19. The van der Waals surface area contributed by atoms with Gasteiger partial charge in [-0.25, -0.2) is 0 Å². The Morgan fingerprint density at radius 3 is 2.67 bits per heavy atom. The molecule has 2 aromatic rings. The van der Waals surface area contributed by atoms with E-state index in [9.17, 15) is 0 Å². The van der Waals surface area contributed by atoms with Crippen LogP contribution < -0.4 is 5.73 Å². The van der Waals surface area contributed by atoms with Crippen LogP contribution in [0.2, 0.25) is 5.02 Å². The number of nitrogens with two attached hydrogens (primary N) is 1. The van der Waals surface area contributed by atoms with Crippen molar-refractivity contribution in [1.82, 2.24) is 0 Å². The highest BCUT2D eigenvalue weighted by molar-refractivity contribution is 7.16. The molecule has 0 saturated heterocycles. The highest BCUT2D eigenvalue weighted by Crippen LogP contribution is 2.31. The van der Waals surface area contributed by atoms with Crippen molar-refractivity contribution in [2.75, 3.05) is 5.73 Å². The topological polar surface area (TPSA) is 49.8 Å². The van der Waals surface area contributed by atoms with Crippen LogP contribution in [0.1, 0.15) is 4.88 Å². The van der Waals surface area contributed by atoms with E-state index in [1.807, 2.05) is 18.2 Å². The number of nitrogens with zero attached hydrogens (tertiary/aromatic N) is 1. The van der Waals surface area contributed by atoms with Crippen molar-refractivity contribution < 1.29 is 0 Å². The smallest absolute Gasteiger partial charge is 0.110 e. The van der Waals surface area contributed by atoms with E-state index in [1.165, 1.54) is 11.3 Å². The Hall–Kier alpha value is -1.50. The van der Waals surface area contributed by atoms with Gasteiger partial charge in [0.1, 0.15) is 10.9 Å². The summed E-state index contributed by atoms with van der Waals surface area (Å²) in [5.74, 6) is 0. The lowest BCUT2D eigenvalue weighted by Crippen LogP contribution is -1.84. The monoisotopic (exact) mass is 234 g/mol. The minimum atomic E-state index is 0.608. The van der Waals surface area contributed by atoms with Crippen molar-refractivity contribution in [1.29, 1.82) is 5.26 Å². The van der Waals surface area contributed by atoms with Crippen LogP contribution in [-0.2, 0) is 0 Å². The van der Waals surface area contributed by atoms with E-state index in [0.717, 1.165) is 10.4 Å². The van der Waals surface area contributed by atoms with Crippen molar-refractivity contribution in [3.05, 3.63) is 40.2 Å². The largest absolute Gasteiger partial charge is 0.399 e. The average Bonchev–Trinajstić information content (AvgIpc) is 2.64. The van der Waals surface area contributed by atoms with Gasteiger partial charge < -0.3 is 5.73 Å². The van der Waals surface area contributed by atoms with Gasteiger partial charge in [-0.2, -0.15) is 5.26 Å². The molecule has 0 aliphatic rings. The Balaban J connectivity index is 2.50. The van der Waals surface area contributed by atoms with Crippen LogP contribution in [0.4, 0.5) is 5.69 Å². The lowest BCUT2D eigenvalue weighted by molar-refractivity contribution is 1.52. The Labute approximate surface area is 96.5 Å². The second kappa shape index (κ2) is 3.93. The van der Waals surface area contributed by atoms with Crippen LogP contribution in [0.25, 0.3) is 10.4 Å². The van der Waals surface area contributed by atoms with E-state index in [-0.39, 0.29) is 0 Å². The molecule has 1 aromatic heterocycles. The van der Waals surface area contributed by atoms with E-state index in [0.29, 0.717) is 15.6 Å². The fourth-order valence-corrected chi connectivity index (χ4v) is 2.34. The molecule has 0 aliphatic carbocycles. The third-order valence-corrected chi connectivity index (χ3v) is 3.18. The molecule has 2 rings (SSSR count). The van der Waals surface area contributed by atoms with Gasteiger partial charge in [-0.3, -0.25) is 0 Å². The van der Waals surface area contributed by atoms with Crippen LogP contribution in [0.15, 0.2) is 30.3 Å². The normalized spacial score (nSPS) is 9.87. The van der Waals surface area contributed by atoms with Gasteiger partial charge in [0, 0.05) is 15.6 Å². The molecule has 0 aliphatic heterocycles. The van der Waals surface area contributed by atoms with Gasteiger partial charge in [0.15, 0.2) is 0 Å². The summed E-state index contributed by atoms with van der Waals surface area (Å²) in [6.07, 6.45) is 0. The van der Waals surface area contributed by atoms with Crippen molar-refractivity contribution >= 4 is 28.6 Å². The van der Waals surface area contributed by atoms with Crippen LogP contribution in [0.3, 0.4) is 0 Å². The predicted octanol–water partition coefficient (Wildman–Crippen LogP) is 3.52. The summed E-state index contributed by atoms with van der Waals surface area (Å²) in [4.78, 5) is 1.68. The first kappa shape index (κ1) is 10.0. The Bertz CT molecular complexity index is 520. The maximum Gasteiger partial charge on any atom is 0.110 e. The SMILES string of the molecule is N#Cc1ccc(-c2cc(N)cc(Cl)c2)s1. The molecule has 0 radical (unpaired) electrons.